The summed E-state index contributed by atoms with van der Waals surface area (Å²) in [4.78, 5) is 18.8. The number of hydrogen-bond acceptors (Lipinski definition) is 6. The van der Waals surface area contributed by atoms with Crippen LogP contribution < -0.4 is 0 Å². The number of nitrogens with zero attached hydrogens (tertiary/aromatic N) is 4. The maximum atomic E-state index is 10.8. The number of hydrogen-bond donors (Lipinski definition) is 0. The van der Waals surface area contributed by atoms with Gasteiger partial charge >= 0.3 is 0 Å². The highest BCUT2D eigenvalue weighted by atomic mass is 32.1. The van der Waals surface area contributed by atoms with Crippen molar-refractivity contribution in [2.24, 2.45) is 0 Å². The van der Waals surface area contributed by atoms with E-state index in [9.17, 15) is 15.4 Å². The number of nitro benzene ring substituents is 1. The molecule has 0 radical (unpaired) electrons. The largest absolute Gasteiger partial charge is 0.270 e. The summed E-state index contributed by atoms with van der Waals surface area (Å²) < 4.78 is 0. The van der Waals surface area contributed by atoms with Crippen LogP contribution in [0.1, 0.15) is 10.6 Å². The lowest BCUT2D eigenvalue weighted by atomic mass is 10.1. The van der Waals surface area contributed by atoms with Gasteiger partial charge in [0.05, 0.1) is 16.2 Å². The Bertz CT molecular complexity index is 958. The molecule has 24 heavy (non-hydrogen) atoms. The summed E-state index contributed by atoms with van der Waals surface area (Å²) in [7, 11) is 0. The molecule has 7 heteroatoms. The van der Waals surface area contributed by atoms with Crippen molar-refractivity contribution in [1.82, 2.24) is 9.97 Å². The highest BCUT2D eigenvalue weighted by molar-refractivity contribution is 7.11. The quantitative estimate of drug-likeness (QED) is 0.405. The summed E-state index contributed by atoms with van der Waals surface area (Å²) in [6, 6.07) is 11.9. The molecule has 2 heterocycles. The van der Waals surface area contributed by atoms with Gasteiger partial charge in [0.1, 0.15) is 11.1 Å². The van der Waals surface area contributed by atoms with Crippen LogP contribution in [0.2, 0.25) is 0 Å². The van der Waals surface area contributed by atoms with Gasteiger partial charge in [-0.05, 0) is 23.8 Å². The molecule has 0 amide bonds. The molecule has 0 fully saturated rings. The highest BCUT2D eigenvalue weighted by Crippen LogP contribution is 2.27. The molecule has 3 aromatic rings. The van der Waals surface area contributed by atoms with Crippen molar-refractivity contribution in [2.45, 2.75) is 0 Å². The summed E-state index contributed by atoms with van der Waals surface area (Å²) in [5.41, 5.74) is 2.61. The first-order valence-corrected chi connectivity index (χ1v) is 7.78. The first-order valence-electron chi connectivity index (χ1n) is 6.90. The van der Waals surface area contributed by atoms with E-state index < -0.39 is 4.92 Å². The second-order valence-corrected chi connectivity index (χ2v) is 5.65. The van der Waals surface area contributed by atoms with Gasteiger partial charge in [-0.2, -0.15) is 5.26 Å². The zero-order chi connectivity index (χ0) is 16.9. The fourth-order valence-electron chi connectivity index (χ4n) is 2.09. The average molecular weight is 334 g/mol. The van der Waals surface area contributed by atoms with E-state index in [1.165, 1.54) is 23.5 Å². The second-order valence-electron chi connectivity index (χ2n) is 4.80. The fourth-order valence-corrected chi connectivity index (χ4v) is 2.88. The molecule has 0 atom stereocenters. The zero-order valence-electron chi connectivity index (χ0n) is 12.3. The monoisotopic (exact) mass is 334 g/mol. The van der Waals surface area contributed by atoms with E-state index in [-0.39, 0.29) is 5.69 Å². The lowest BCUT2D eigenvalue weighted by Crippen LogP contribution is -1.88. The first-order chi connectivity index (χ1) is 11.7. The van der Waals surface area contributed by atoms with Crippen molar-refractivity contribution < 1.29 is 4.92 Å². The summed E-state index contributed by atoms with van der Waals surface area (Å²) in [6.07, 6.45) is 4.96. The van der Waals surface area contributed by atoms with E-state index in [0.717, 1.165) is 11.3 Å². The third-order valence-corrected chi connectivity index (χ3v) is 4.10. The number of allylic oxidation sites excluding steroid dienone is 1. The fraction of sp³-hybridized carbons (Fsp3) is 0. The number of rotatable bonds is 4. The molecule has 0 N–H and O–H groups in total. The Hall–Kier alpha value is -3.37. The Kier molecular flexibility index (Phi) is 4.40. The van der Waals surface area contributed by atoms with Crippen molar-refractivity contribution in [2.75, 3.05) is 0 Å². The van der Waals surface area contributed by atoms with E-state index in [2.05, 4.69) is 16.0 Å². The third-order valence-electron chi connectivity index (χ3n) is 3.22. The van der Waals surface area contributed by atoms with Crippen molar-refractivity contribution in [3.05, 3.63) is 74.9 Å². The van der Waals surface area contributed by atoms with Crippen LogP contribution in [0.4, 0.5) is 5.69 Å². The molecular weight excluding hydrogens is 324 g/mol. The van der Waals surface area contributed by atoms with Crippen LogP contribution in [-0.4, -0.2) is 14.9 Å². The van der Waals surface area contributed by atoms with E-state index in [4.69, 9.17) is 0 Å². The van der Waals surface area contributed by atoms with Gasteiger partial charge in [-0.15, -0.1) is 11.3 Å². The number of non-ortho nitro benzene ring substituents is 1. The van der Waals surface area contributed by atoms with Gasteiger partial charge < -0.3 is 0 Å². The maximum Gasteiger partial charge on any atom is 0.270 e. The summed E-state index contributed by atoms with van der Waals surface area (Å²) in [5, 5.41) is 22.7. The predicted octanol–water partition coefficient (Wildman–Crippen LogP) is 4.18. The van der Waals surface area contributed by atoms with Gasteiger partial charge in [0.15, 0.2) is 0 Å². The molecule has 0 saturated carbocycles. The van der Waals surface area contributed by atoms with Crippen LogP contribution in [0, 0.1) is 21.4 Å². The Morgan fingerprint density at radius 1 is 1.29 bits per heavy atom. The summed E-state index contributed by atoms with van der Waals surface area (Å²) in [5.74, 6) is 0. The first kappa shape index (κ1) is 15.5. The number of pyridine rings is 1. The average Bonchev–Trinajstić information content (AvgIpc) is 3.10. The molecule has 6 nitrogen and oxygen atoms in total. The summed E-state index contributed by atoms with van der Waals surface area (Å²) in [6.45, 7) is 0. The van der Waals surface area contributed by atoms with Gasteiger partial charge in [-0.3, -0.25) is 15.1 Å². The van der Waals surface area contributed by atoms with Crippen LogP contribution >= 0.6 is 11.3 Å². The molecule has 1 aromatic carbocycles. The van der Waals surface area contributed by atoms with E-state index in [1.807, 2.05) is 17.5 Å². The minimum absolute atomic E-state index is 0.0161. The van der Waals surface area contributed by atoms with Crippen molar-refractivity contribution in [3.8, 4) is 17.3 Å². The van der Waals surface area contributed by atoms with Gasteiger partial charge in [0, 0.05) is 35.5 Å². The van der Waals surface area contributed by atoms with Gasteiger partial charge in [-0.1, -0.05) is 12.1 Å². The Morgan fingerprint density at radius 3 is 2.79 bits per heavy atom. The topological polar surface area (TPSA) is 92.7 Å². The number of nitro groups is 1. The Morgan fingerprint density at radius 2 is 2.08 bits per heavy atom. The van der Waals surface area contributed by atoms with E-state index in [0.29, 0.717) is 16.1 Å². The minimum atomic E-state index is -0.464. The lowest BCUT2D eigenvalue weighted by Gasteiger charge is -1.97. The molecule has 0 aliphatic rings. The minimum Gasteiger partial charge on any atom is -0.265 e. The molecular formula is C17H10N4O2S. The van der Waals surface area contributed by atoms with Crippen molar-refractivity contribution in [1.29, 1.82) is 5.26 Å². The molecule has 0 saturated heterocycles. The smallest absolute Gasteiger partial charge is 0.265 e. The second kappa shape index (κ2) is 6.81. The van der Waals surface area contributed by atoms with E-state index in [1.54, 1.807) is 30.6 Å². The van der Waals surface area contributed by atoms with Crippen LogP contribution in [0.5, 0.6) is 0 Å². The highest BCUT2D eigenvalue weighted by Gasteiger charge is 2.10. The van der Waals surface area contributed by atoms with Gasteiger partial charge in [0.25, 0.3) is 5.69 Å². The predicted molar refractivity (Wildman–Crippen MR) is 91.9 cm³/mol. The molecule has 0 spiro atoms. The van der Waals surface area contributed by atoms with Gasteiger partial charge in [0.2, 0.25) is 0 Å². The Balaban J connectivity index is 1.95. The third kappa shape index (κ3) is 3.34. The van der Waals surface area contributed by atoms with Crippen molar-refractivity contribution in [3.63, 3.8) is 0 Å². The lowest BCUT2D eigenvalue weighted by molar-refractivity contribution is -0.384. The maximum absolute atomic E-state index is 10.8. The molecule has 0 bridgehead atoms. The zero-order valence-corrected chi connectivity index (χ0v) is 13.1. The van der Waals surface area contributed by atoms with Crippen LogP contribution in [0.25, 0.3) is 22.9 Å². The van der Waals surface area contributed by atoms with Crippen LogP contribution in [0.15, 0.2) is 54.2 Å². The molecule has 0 aliphatic carbocycles. The standard InChI is InChI=1S/C17H10N4O2S/c18-10-14(8-12-2-1-3-15(9-12)21(22)23)17-20-16(11-24-17)13-4-6-19-7-5-13/h1-9,11H/b14-8-. The molecule has 116 valence electrons. The van der Waals surface area contributed by atoms with E-state index >= 15 is 0 Å². The molecule has 0 aliphatic heterocycles. The number of thiazole rings is 1. The summed E-state index contributed by atoms with van der Waals surface area (Å²) >= 11 is 1.35. The van der Waals surface area contributed by atoms with Crippen molar-refractivity contribution >= 4 is 28.7 Å². The molecule has 2 aromatic heterocycles. The molecule has 0 unspecified atom stereocenters. The van der Waals surface area contributed by atoms with Crippen LogP contribution in [-0.2, 0) is 0 Å². The SMILES string of the molecule is N#C/C(=C/c1cccc([N+](=O)[O-])c1)c1nc(-c2ccncc2)cs1. The Labute approximate surface area is 141 Å². The molecule has 3 rings (SSSR count). The van der Waals surface area contributed by atoms with Gasteiger partial charge in [-0.25, -0.2) is 4.98 Å². The normalized spacial score (nSPS) is 11.0. The number of nitriles is 1. The number of benzene rings is 1. The van der Waals surface area contributed by atoms with Crippen LogP contribution in [0.3, 0.4) is 0 Å². The number of aromatic nitrogens is 2.